The van der Waals surface area contributed by atoms with Crippen LogP contribution in [0.2, 0.25) is 10.2 Å². The number of anilines is 1. The number of aromatic nitrogens is 4. The fourth-order valence-electron chi connectivity index (χ4n) is 3.36. The maximum atomic E-state index is 6.09. The van der Waals surface area contributed by atoms with E-state index < -0.39 is 0 Å². The zero-order chi connectivity index (χ0) is 18.1. The molecule has 6 nitrogen and oxygen atoms in total. The van der Waals surface area contributed by atoms with Crippen LogP contribution in [0.25, 0.3) is 5.65 Å². The lowest BCUT2D eigenvalue weighted by molar-refractivity contribution is 0.282. The summed E-state index contributed by atoms with van der Waals surface area (Å²) in [5, 5.41) is 1.21. The van der Waals surface area contributed by atoms with Crippen molar-refractivity contribution in [1.82, 2.24) is 24.3 Å². The third-order valence-corrected chi connectivity index (χ3v) is 4.97. The first-order valence-electron chi connectivity index (χ1n) is 8.68. The molecular weight excluding hydrogens is 371 g/mol. The van der Waals surface area contributed by atoms with E-state index in [4.69, 9.17) is 23.2 Å². The topological polar surface area (TPSA) is 49.6 Å². The zero-order valence-corrected chi connectivity index (χ0v) is 16.1. The molecule has 3 aromatic rings. The normalized spacial score (nSPS) is 16.2. The zero-order valence-electron chi connectivity index (χ0n) is 14.6. The molecule has 4 rings (SSSR count). The summed E-state index contributed by atoms with van der Waals surface area (Å²) in [6.07, 6.45) is 5.01. The average molecular weight is 391 g/mol. The van der Waals surface area contributed by atoms with Gasteiger partial charge in [-0.1, -0.05) is 23.2 Å². The number of nitrogens with zero attached hydrogens (tertiary/aromatic N) is 6. The number of hydrogen-bond acceptors (Lipinski definition) is 5. The van der Waals surface area contributed by atoms with Crippen LogP contribution in [0, 0.1) is 6.92 Å². The van der Waals surface area contributed by atoms with Crippen LogP contribution in [0.1, 0.15) is 17.9 Å². The van der Waals surface area contributed by atoms with Gasteiger partial charge in [0.05, 0.1) is 10.7 Å². The second-order valence-electron chi connectivity index (χ2n) is 6.56. The SMILES string of the molecule is Cc1nc(Cl)cc(N2CCCN(Cc3cn4cc(Cl)ccc4n3)CC2)n1. The van der Waals surface area contributed by atoms with Crippen molar-refractivity contribution in [3.05, 3.63) is 52.3 Å². The summed E-state index contributed by atoms with van der Waals surface area (Å²) < 4.78 is 1.98. The van der Waals surface area contributed by atoms with Crippen LogP contribution in [-0.4, -0.2) is 50.4 Å². The van der Waals surface area contributed by atoms with Gasteiger partial charge in [0.25, 0.3) is 0 Å². The first-order valence-corrected chi connectivity index (χ1v) is 9.44. The van der Waals surface area contributed by atoms with Crippen molar-refractivity contribution in [2.75, 3.05) is 31.1 Å². The molecule has 1 aliphatic heterocycles. The summed E-state index contributed by atoms with van der Waals surface area (Å²) in [5.41, 5.74) is 1.98. The monoisotopic (exact) mass is 390 g/mol. The molecule has 1 fully saturated rings. The standard InChI is InChI=1S/C18H20Cl2N6/c1-13-21-16(20)9-18(22-13)25-6-2-5-24(7-8-25)11-15-12-26-10-14(19)3-4-17(26)23-15/h3-4,9-10,12H,2,5-8,11H2,1H3. The van der Waals surface area contributed by atoms with Gasteiger partial charge < -0.3 is 9.30 Å². The number of pyridine rings is 1. The molecule has 26 heavy (non-hydrogen) atoms. The summed E-state index contributed by atoms with van der Waals surface area (Å²) in [6.45, 7) is 6.56. The molecule has 0 N–H and O–H groups in total. The van der Waals surface area contributed by atoms with Crippen LogP contribution in [0.4, 0.5) is 5.82 Å². The molecule has 1 aliphatic rings. The van der Waals surface area contributed by atoms with Gasteiger partial charge in [0.15, 0.2) is 0 Å². The molecule has 0 unspecified atom stereocenters. The van der Waals surface area contributed by atoms with Gasteiger partial charge in [-0.25, -0.2) is 15.0 Å². The van der Waals surface area contributed by atoms with Crippen molar-refractivity contribution < 1.29 is 0 Å². The van der Waals surface area contributed by atoms with Crippen LogP contribution >= 0.6 is 23.2 Å². The summed E-state index contributed by atoms with van der Waals surface area (Å²) in [6, 6.07) is 5.65. The number of imidazole rings is 1. The maximum absolute atomic E-state index is 6.09. The first kappa shape index (κ1) is 17.5. The lowest BCUT2D eigenvalue weighted by atomic mass is 10.3. The predicted molar refractivity (Wildman–Crippen MR) is 104 cm³/mol. The molecule has 1 saturated heterocycles. The van der Waals surface area contributed by atoms with Gasteiger partial charge in [0.2, 0.25) is 0 Å². The van der Waals surface area contributed by atoms with Crippen molar-refractivity contribution in [3.8, 4) is 0 Å². The third-order valence-electron chi connectivity index (χ3n) is 4.56. The average Bonchev–Trinajstić information content (AvgIpc) is 2.82. The predicted octanol–water partition coefficient (Wildman–Crippen LogP) is 3.45. The Bertz CT molecular complexity index is 905. The van der Waals surface area contributed by atoms with E-state index in [0.717, 1.165) is 56.3 Å². The highest BCUT2D eigenvalue weighted by Crippen LogP contribution is 2.19. The molecule has 0 atom stereocenters. The van der Waals surface area contributed by atoms with E-state index in [1.165, 1.54) is 0 Å². The second-order valence-corrected chi connectivity index (χ2v) is 7.38. The van der Waals surface area contributed by atoms with E-state index in [1.54, 1.807) is 0 Å². The van der Waals surface area contributed by atoms with E-state index in [0.29, 0.717) is 16.0 Å². The van der Waals surface area contributed by atoms with Gasteiger partial charge in [-0.2, -0.15) is 0 Å². The van der Waals surface area contributed by atoms with Crippen LogP contribution < -0.4 is 4.90 Å². The highest BCUT2D eigenvalue weighted by molar-refractivity contribution is 6.30. The molecule has 0 radical (unpaired) electrons. The molecule has 0 aliphatic carbocycles. The van der Waals surface area contributed by atoms with Crippen molar-refractivity contribution in [3.63, 3.8) is 0 Å². The molecule has 4 heterocycles. The molecule has 0 aromatic carbocycles. The molecule has 8 heteroatoms. The summed E-state index contributed by atoms with van der Waals surface area (Å²) in [4.78, 5) is 18.1. The molecule has 0 bridgehead atoms. The van der Waals surface area contributed by atoms with E-state index in [-0.39, 0.29) is 0 Å². The van der Waals surface area contributed by atoms with Gasteiger partial charge in [0.1, 0.15) is 22.4 Å². The minimum absolute atomic E-state index is 0.497. The molecule has 3 aromatic heterocycles. The van der Waals surface area contributed by atoms with Gasteiger partial charge >= 0.3 is 0 Å². The van der Waals surface area contributed by atoms with Gasteiger partial charge in [-0.05, 0) is 25.5 Å². The Kier molecular flexibility index (Phi) is 4.98. The maximum Gasteiger partial charge on any atom is 0.137 e. The Morgan fingerprint density at radius 2 is 1.88 bits per heavy atom. The quantitative estimate of drug-likeness (QED) is 0.640. The van der Waals surface area contributed by atoms with E-state index in [9.17, 15) is 0 Å². The Balaban J connectivity index is 1.44. The second kappa shape index (κ2) is 7.39. The van der Waals surface area contributed by atoms with E-state index >= 15 is 0 Å². The highest BCUT2D eigenvalue weighted by atomic mass is 35.5. The largest absolute Gasteiger partial charge is 0.355 e. The fraction of sp³-hybridized carbons (Fsp3) is 0.389. The molecule has 0 saturated carbocycles. The van der Waals surface area contributed by atoms with Crippen molar-refractivity contribution in [2.24, 2.45) is 0 Å². The molecule has 0 amide bonds. The van der Waals surface area contributed by atoms with Gasteiger partial charge in [0, 0.05) is 51.2 Å². The molecule has 0 spiro atoms. The summed E-state index contributed by atoms with van der Waals surface area (Å²) in [7, 11) is 0. The van der Waals surface area contributed by atoms with Crippen LogP contribution in [0.15, 0.2) is 30.6 Å². The Hall–Kier alpha value is -1.89. The Labute approximate surface area is 162 Å². The van der Waals surface area contributed by atoms with Gasteiger partial charge in [-0.15, -0.1) is 0 Å². The highest BCUT2D eigenvalue weighted by Gasteiger charge is 2.18. The summed E-state index contributed by atoms with van der Waals surface area (Å²) in [5.74, 6) is 1.61. The first-order chi connectivity index (χ1) is 12.6. The minimum atomic E-state index is 0.497. The lowest BCUT2D eigenvalue weighted by Crippen LogP contribution is -2.31. The van der Waals surface area contributed by atoms with Crippen LogP contribution in [0.5, 0.6) is 0 Å². The van der Waals surface area contributed by atoms with E-state index in [1.807, 2.05) is 35.7 Å². The van der Waals surface area contributed by atoms with E-state index in [2.05, 4.69) is 30.9 Å². The number of hydrogen-bond donors (Lipinski definition) is 0. The minimum Gasteiger partial charge on any atom is -0.355 e. The fourth-order valence-corrected chi connectivity index (χ4v) is 3.75. The van der Waals surface area contributed by atoms with Crippen molar-refractivity contribution >= 4 is 34.7 Å². The molecule has 136 valence electrons. The Morgan fingerprint density at radius 3 is 2.73 bits per heavy atom. The van der Waals surface area contributed by atoms with Crippen LogP contribution in [0.3, 0.4) is 0 Å². The molecular formula is C18H20Cl2N6. The Morgan fingerprint density at radius 1 is 1.00 bits per heavy atom. The van der Waals surface area contributed by atoms with Gasteiger partial charge in [-0.3, -0.25) is 4.90 Å². The smallest absolute Gasteiger partial charge is 0.137 e. The van der Waals surface area contributed by atoms with Crippen molar-refractivity contribution in [1.29, 1.82) is 0 Å². The van der Waals surface area contributed by atoms with Crippen LogP contribution in [-0.2, 0) is 6.54 Å². The van der Waals surface area contributed by atoms with Crippen molar-refractivity contribution in [2.45, 2.75) is 19.9 Å². The summed E-state index contributed by atoms with van der Waals surface area (Å²) >= 11 is 12.1. The number of rotatable bonds is 3. The number of halogens is 2. The third kappa shape index (κ3) is 3.92. The number of fused-ring (bicyclic) bond motifs is 1. The lowest BCUT2D eigenvalue weighted by Gasteiger charge is -2.22. The number of aryl methyl sites for hydroxylation is 1.